The predicted molar refractivity (Wildman–Crippen MR) is 67.2 cm³/mol. The number of likely N-dealkylation sites (tertiary alicyclic amines) is 1. The Bertz CT molecular complexity index is 339. The quantitative estimate of drug-likeness (QED) is 0.608. The Kier molecular flexibility index (Phi) is 3.81. The van der Waals surface area contributed by atoms with Gasteiger partial charge in [-0.3, -0.25) is 0 Å². The smallest absolute Gasteiger partial charge is 0.191 e. The molecule has 3 heteroatoms. The van der Waals surface area contributed by atoms with Gasteiger partial charge in [0.25, 0.3) is 0 Å². The summed E-state index contributed by atoms with van der Waals surface area (Å²) in [4.78, 5) is 6.63. The van der Waals surface area contributed by atoms with E-state index >= 15 is 0 Å². The van der Waals surface area contributed by atoms with Crippen LogP contribution < -0.4 is 5.73 Å². The highest BCUT2D eigenvalue weighted by molar-refractivity contribution is 5.78. The van der Waals surface area contributed by atoms with Crippen LogP contribution >= 0.6 is 0 Å². The molecule has 0 radical (unpaired) electrons. The van der Waals surface area contributed by atoms with Crippen molar-refractivity contribution in [2.24, 2.45) is 10.7 Å². The monoisotopic (exact) mass is 217 g/mol. The van der Waals surface area contributed by atoms with Crippen LogP contribution in [0.15, 0.2) is 35.3 Å². The summed E-state index contributed by atoms with van der Waals surface area (Å²) in [5.74, 6) is 0.698. The van der Waals surface area contributed by atoms with Crippen molar-refractivity contribution in [2.75, 3.05) is 13.1 Å². The summed E-state index contributed by atoms with van der Waals surface area (Å²) in [5, 5.41) is 0. The van der Waals surface area contributed by atoms with Gasteiger partial charge in [-0.2, -0.15) is 0 Å². The van der Waals surface area contributed by atoms with Crippen molar-refractivity contribution in [3.05, 3.63) is 35.9 Å². The number of piperidine rings is 1. The van der Waals surface area contributed by atoms with E-state index < -0.39 is 0 Å². The van der Waals surface area contributed by atoms with Crippen molar-refractivity contribution in [3.63, 3.8) is 0 Å². The van der Waals surface area contributed by atoms with Gasteiger partial charge in [-0.15, -0.1) is 0 Å². The molecule has 86 valence electrons. The highest BCUT2D eigenvalue weighted by atomic mass is 15.2. The van der Waals surface area contributed by atoms with Crippen LogP contribution in [0.1, 0.15) is 24.8 Å². The molecule has 1 aromatic rings. The van der Waals surface area contributed by atoms with Gasteiger partial charge in [-0.05, 0) is 24.8 Å². The Morgan fingerprint density at radius 3 is 2.50 bits per heavy atom. The maximum Gasteiger partial charge on any atom is 0.191 e. The lowest BCUT2D eigenvalue weighted by molar-refractivity contribution is 0.338. The van der Waals surface area contributed by atoms with Crippen LogP contribution in [0.25, 0.3) is 0 Å². The first-order chi connectivity index (χ1) is 7.86. The van der Waals surface area contributed by atoms with Gasteiger partial charge >= 0.3 is 0 Å². The highest BCUT2D eigenvalue weighted by Crippen LogP contribution is 2.08. The maximum absolute atomic E-state index is 5.97. The Labute approximate surface area is 97.0 Å². The number of benzene rings is 1. The summed E-state index contributed by atoms with van der Waals surface area (Å²) in [7, 11) is 0. The lowest BCUT2D eigenvalue weighted by Gasteiger charge is -2.27. The lowest BCUT2D eigenvalue weighted by Crippen LogP contribution is -2.40. The van der Waals surface area contributed by atoms with E-state index in [1.807, 2.05) is 18.2 Å². The third-order valence-corrected chi connectivity index (χ3v) is 2.95. The van der Waals surface area contributed by atoms with E-state index in [0.717, 1.165) is 13.1 Å². The Hall–Kier alpha value is -1.51. The molecule has 1 saturated heterocycles. The molecule has 0 aromatic heterocycles. The first-order valence-corrected chi connectivity index (χ1v) is 5.95. The maximum atomic E-state index is 5.97. The fourth-order valence-corrected chi connectivity index (χ4v) is 1.98. The van der Waals surface area contributed by atoms with Gasteiger partial charge in [0.2, 0.25) is 0 Å². The summed E-state index contributed by atoms with van der Waals surface area (Å²) >= 11 is 0. The number of hydrogen-bond acceptors (Lipinski definition) is 1. The van der Waals surface area contributed by atoms with Gasteiger partial charge in [0.15, 0.2) is 5.96 Å². The van der Waals surface area contributed by atoms with Crippen molar-refractivity contribution in [1.82, 2.24) is 4.90 Å². The number of hydrogen-bond donors (Lipinski definition) is 1. The van der Waals surface area contributed by atoms with E-state index in [2.05, 4.69) is 22.0 Å². The summed E-state index contributed by atoms with van der Waals surface area (Å²) in [6, 6.07) is 10.2. The van der Waals surface area contributed by atoms with Crippen molar-refractivity contribution in [1.29, 1.82) is 0 Å². The minimum absolute atomic E-state index is 0.684. The van der Waals surface area contributed by atoms with Crippen LogP contribution in [0.5, 0.6) is 0 Å². The molecule has 1 fully saturated rings. The molecule has 0 saturated carbocycles. The average Bonchev–Trinajstić information content (AvgIpc) is 2.38. The number of nitrogens with two attached hydrogens (primary N) is 1. The number of aliphatic imine (C=N–C) groups is 1. The van der Waals surface area contributed by atoms with Crippen molar-refractivity contribution >= 4 is 5.96 Å². The molecule has 1 aromatic carbocycles. The molecule has 0 unspecified atom stereocenters. The first kappa shape index (κ1) is 11.0. The molecular weight excluding hydrogens is 198 g/mol. The lowest BCUT2D eigenvalue weighted by atomic mass is 10.1. The molecular formula is C13H19N3. The normalized spacial score (nSPS) is 17.5. The van der Waals surface area contributed by atoms with Crippen LogP contribution in [-0.4, -0.2) is 23.9 Å². The highest BCUT2D eigenvalue weighted by Gasteiger charge is 2.11. The third-order valence-electron chi connectivity index (χ3n) is 2.95. The van der Waals surface area contributed by atoms with Crippen LogP contribution in [0.2, 0.25) is 0 Å². The molecule has 0 amide bonds. The minimum atomic E-state index is 0.684. The van der Waals surface area contributed by atoms with Crippen molar-refractivity contribution in [3.8, 4) is 0 Å². The van der Waals surface area contributed by atoms with Gasteiger partial charge in [-0.1, -0.05) is 30.3 Å². The summed E-state index contributed by atoms with van der Waals surface area (Å²) in [6.45, 7) is 2.80. The van der Waals surface area contributed by atoms with E-state index in [1.165, 1.54) is 24.8 Å². The SMILES string of the molecule is NC(=NCc1ccccc1)N1CCCCC1. The van der Waals surface area contributed by atoms with E-state index in [1.54, 1.807) is 0 Å². The van der Waals surface area contributed by atoms with E-state index in [4.69, 9.17) is 5.73 Å². The summed E-state index contributed by atoms with van der Waals surface area (Å²) in [5.41, 5.74) is 7.18. The van der Waals surface area contributed by atoms with E-state index in [0.29, 0.717) is 12.5 Å². The molecule has 2 N–H and O–H groups in total. The molecule has 16 heavy (non-hydrogen) atoms. The molecule has 2 rings (SSSR count). The van der Waals surface area contributed by atoms with Crippen molar-refractivity contribution < 1.29 is 0 Å². The molecule has 1 heterocycles. The first-order valence-electron chi connectivity index (χ1n) is 5.95. The Morgan fingerprint density at radius 1 is 1.12 bits per heavy atom. The molecule has 0 aliphatic carbocycles. The molecule has 3 nitrogen and oxygen atoms in total. The second-order valence-corrected chi connectivity index (χ2v) is 4.21. The number of rotatable bonds is 2. The Morgan fingerprint density at radius 2 is 1.81 bits per heavy atom. The van der Waals surface area contributed by atoms with Gasteiger partial charge < -0.3 is 10.6 Å². The molecule has 0 spiro atoms. The number of nitrogens with zero attached hydrogens (tertiary/aromatic N) is 2. The molecule has 1 aliphatic rings. The second-order valence-electron chi connectivity index (χ2n) is 4.21. The zero-order valence-electron chi connectivity index (χ0n) is 9.60. The predicted octanol–water partition coefficient (Wildman–Crippen LogP) is 1.99. The van der Waals surface area contributed by atoms with E-state index in [9.17, 15) is 0 Å². The zero-order chi connectivity index (χ0) is 11.2. The fourth-order valence-electron chi connectivity index (χ4n) is 1.98. The number of guanidine groups is 1. The van der Waals surface area contributed by atoms with Crippen LogP contribution in [-0.2, 0) is 6.54 Å². The Balaban J connectivity index is 1.91. The molecule has 0 bridgehead atoms. The topological polar surface area (TPSA) is 41.6 Å². The van der Waals surface area contributed by atoms with Gasteiger partial charge in [0, 0.05) is 13.1 Å². The minimum Gasteiger partial charge on any atom is -0.370 e. The van der Waals surface area contributed by atoms with Gasteiger partial charge in [-0.25, -0.2) is 4.99 Å². The largest absolute Gasteiger partial charge is 0.370 e. The fraction of sp³-hybridized carbons (Fsp3) is 0.462. The summed E-state index contributed by atoms with van der Waals surface area (Å²) < 4.78 is 0. The third kappa shape index (κ3) is 2.99. The standard InChI is InChI=1S/C13H19N3/c14-13(16-9-5-2-6-10-16)15-11-12-7-3-1-4-8-12/h1,3-4,7-8H,2,5-6,9-11H2,(H2,14,15). The zero-order valence-corrected chi connectivity index (χ0v) is 9.60. The second kappa shape index (κ2) is 5.54. The van der Waals surface area contributed by atoms with Gasteiger partial charge in [0.05, 0.1) is 6.54 Å². The average molecular weight is 217 g/mol. The van der Waals surface area contributed by atoms with Crippen LogP contribution in [0.3, 0.4) is 0 Å². The van der Waals surface area contributed by atoms with Crippen LogP contribution in [0, 0.1) is 0 Å². The molecule has 1 aliphatic heterocycles. The summed E-state index contributed by atoms with van der Waals surface area (Å²) in [6.07, 6.45) is 3.80. The molecule has 0 atom stereocenters. The van der Waals surface area contributed by atoms with Gasteiger partial charge in [0.1, 0.15) is 0 Å². The van der Waals surface area contributed by atoms with Crippen LogP contribution in [0.4, 0.5) is 0 Å². The van der Waals surface area contributed by atoms with Crippen molar-refractivity contribution in [2.45, 2.75) is 25.8 Å². The van der Waals surface area contributed by atoms with E-state index in [-0.39, 0.29) is 0 Å².